The van der Waals surface area contributed by atoms with Crippen LogP contribution >= 0.6 is 11.6 Å². The molecule has 0 saturated carbocycles. The van der Waals surface area contributed by atoms with Crippen molar-refractivity contribution in [3.63, 3.8) is 0 Å². The Morgan fingerprint density at radius 2 is 1.70 bits per heavy atom. The van der Waals surface area contributed by atoms with E-state index in [0.29, 0.717) is 6.54 Å². The van der Waals surface area contributed by atoms with Crippen LogP contribution in [0.25, 0.3) is 0 Å². The van der Waals surface area contributed by atoms with E-state index >= 15 is 0 Å². The zero-order valence-corrected chi connectivity index (χ0v) is 13.5. The number of benzene rings is 2. The van der Waals surface area contributed by atoms with Crippen LogP contribution in [0.4, 0.5) is 17.3 Å². The molecule has 0 amide bonds. The van der Waals surface area contributed by atoms with Gasteiger partial charge in [0.05, 0.1) is 0 Å². The van der Waals surface area contributed by atoms with Gasteiger partial charge in [-0.2, -0.15) is 0 Å². The molecule has 2 N–H and O–H groups in total. The summed E-state index contributed by atoms with van der Waals surface area (Å²) in [5.74, 6) is 1.49. The Morgan fingerprint density at radius 3 is 2.48 bits per heavy atom. The summed E-state index contributed by atoms with van der Waals surface area (Å²) in [4.78, 5) is 8.48. The summed E-state index contributed by atoms with van der Waals surface area (Å²) in [6, 6.07) is 17.8. The molecule has 0 radical (unpaired) electrons. The van der Waals surface area contributed by atoms with Gasteiger partial charge in [-0.25, -0.2) is 9.97 Å². The summed E-state index contributed by atoms with van der Waals surface area (Å²) in [5.41, 5.74) is 3.24. The van der Waals surface area contributed by atoms with Gasteiger partial charge >= 0.3 is 0 Å². The van der Waals surface area contributed by atoms with Crippen LogP contribution in [-0.2, 0) is 6.54 Å². The second-order valence-electron chi connectivity index (χ2n) is 5.22. The van der Waals surface area contributed by atoms with Crippen molar-refractivity contribution in [2.75, 3.05) is 10.6 Å². The van der Waals surface area contributed by atoms with E-state index in [1.807, 2.05) is 42.5 Å². The van der Waals surface area contributed by atoms with Crippen molar-refractivity contribution in [3.05, 3.63) is 77.1 Å². The third-order valence-corrected chi connectivity index (χ3v) is 3.78. The third kappa shape index (κ3) is 4.20. The Morgan fingerprint density at radius 1 is 0.957 bits per heavy atom. The van der Waals surface area contributed by atoms with Gasteiger partial charge < -0.3 is 10.6 Å². The average Bonchev–Trinajstić information content (AvgIpc) is 2.57. The normalized spacial score (nSPS) is 10.3. The fraction of sp³-hybridized carbons (Fsp3) is 0.111. The molecule has 0 bridgehead atoms. The van der Waals surface area contributed by atoms with Crippen LogP contribution in [0.5, 0.6) is 0 Å². The second-order valence-corrected chi connectivity index (χ2v) is 5.63. The van der Waals surface area contributed by atoms with Gasteiger partial charge in [0, 0.05) is 23.3 Å². The molecule has 2 aromatic carbocycles. The molecule has 0 saturated heterocycles. The fourth-order valence-corrected chi connectivity index (χ4v) is 2.34. The predicted octanol–water partition coefficient (Wildman–Crippen LogP) is 4.79. The number of hydrogen-bond acceptors (Lipinski definition) is 4. The number of aryl methyl sites for hydroxylation is 1. The maximum atomic E-state index is 6.16. The van der Waals surface area contributed by atoms with Crippen LogP contribution in [0.1, 0.15) is 11.1 Å². The molecule has 116 valence electrons. The molecule has 0 fully saturated rings. The zero-order valence-electron chi connectivity index (χ0n) is 12.8. The van der Waals surface area contributed by atoms with Crippen molar-refractivity contribution in [1.82, 2.24) is 9.97 Å². The molecule has 3 aromatic rings. The second kappa shape index (κ2) is 7.11. The SMILES string of the molecule is Cc1ccc(Nc2cc(NCc3ccccc3Cl)ncn2)cc1. The van der Waals surface area contributed by atoms with Gasteiger partial charge in [0.15, 0.2) is 0 Å². The van der Waals surface area contributed by atoms with E-state index in [0.717, 1.165) is 27.9 Å². The first kappa shape index (κ1) is 15.3. The first-order valence-corrected chi connectivity index (χ1v) is 7.71. The first-order valence-electron chi connectivity index (χ1n) is 7.34. The highest BCUT2D eigenvalue weighted by molar-refractivity contribution is 6.31. The Hall–Kier alpha value is -2.59. The molecule has 0 atom stereocenters. The van der Waals surface area contributed by atoms with Gasteiger partial charge in [-0.05, 0) is 30.7 Å². The summed E-state index contributed by atoms with van der Waals surface area (Å²) < 4.78 is 0. The maximum Gasteiger partial charge on any atom is 0.135 e. The van der Waals surface area contributed by atoms with Gasteiger partial charge in [-0.3, -0.25) is 0 Å². The van der Waals surface area contributed by atoms with E-state index in [2.05, 4.69) is 39.7 Å². The number of halogens is 1. The number of nitrogens with one attached hydrogen (secondary N) is 2. The van der Waals surface area contributed by atoms with Crippen molar-refractivity contribution in [3.8, 4) is 0 Å². The summed E-state index contributed by atoms with van der Waals surface area (Å²) >= 11 is 6.16. The molecular weight excluding hydrogens is 308 g/mol. The standard InChI is InChI=1S/C18H17ClN4/c1-13-6-8-15(9-7-13)23-18-10-17(21-12-22-18)20-11-14-4-2-3-5-16(14)19/h2-10,12H,11H2,1H3,(H2,20,21,22,23). The highest BCUT2D eigenvalue weighted by atomic mass is 35.5. The minimum absolute atomic E-state index is 0.612. The number of nitrogens with zero attached hydrogens (tertiary/aromatic N) is 2. The molecule has 3 rings (SSSR count). The molecule has 0 aliphatic rings. The van der Waals surface area contributed by atoms with Crippen molar-refractivity contribution >= 4 is 28.9 Å². The highest BCUT2D eigenvalue weighted by Gasteiger charge is 2.02. The number of hydrogen-bond donors (Lipinski definition) is 2. The van der Waals surface area contributed by atoms with Crippen molar-refractivity contribution < 1.29 is 0 Å². The number of anilines is 3. The molecule has 0 unspecified atom stereocenters. The Bertz CT molecular complexity index is 787. The van der Waals surface area contributed by atoms with Gasteiger partial charge in [-0.1, -0.05) is 47.5 Å². The lowest BCUT2D eigenvalue weighted by molar-refractivity contribution is 1.08. The van der Waals surface area contributed by atoms with E-state index in [1.54, 1.807) is 0 Å². The average molecular weight is 325 g/mol. The van der Waals surface area contributed by atoms with E-state index in [1.165, 1.54) is 11.9 Å². The minimum atomic E-state index is 0.612. The van der Waals surface area contributed by atoms with Crippen LogP contribution in [0, 0.1) is 6.92 Å². The lowest BCUT2D eigenvalue weighted by Gasteiger charge is -2.09. The molecule has 0 spiro atoms. The topological polar surface area (TPSA) is 49.8 Å². The lowest BCUT2D eigenvalue weighted by Crippen LogP contribution is -2.03. The van der Waals surface area contributed by atoms with Crippen molar-refractivity contribution in [1.29, 1.82) is 0 Å². The van der Waals surface area contributed by atoms with Crippen molar-refractivity contribution in [2.45, 2.75) is 13.5 Å². The summed E-state index contributed by atoms with van der Waals surface area (Å²) in [7, 11) is 0. The van der Waals surface area contributed by atoms with Crippen LogP contribution in [0.3, 0.4) is 0 Å². The highest BCUT2D eigenvalue weighted by Crippen LogP contribution is 2.19. The van der Waals surface area contributed by atoms with Gasteiger partial charge in [0.1, 0.15) is 18.0 Å². The predicted molar refractivity (Wildman–Crippen MR) is 95.3 cm³/mol. The fourth-order valence-electron chi connectivity index (χ4n) is 2.13. The molecule has 1 aromatic heterocycles. The molecule has 23 heavy (non-hydrogen) atoms. The van der Waals surface area contributed by atoms with Gasteiger partial charge in [-0.15, -0.1) is 0 Å². The Kier molecular flexibility index (Phi) is 4.74. The Labute approximate surface area is 140 Å². The number of rotatable bonds is 5. The smallest absolute Gasteiger partial charge is 0.135 e. The lowest BCUT2D eigenvalue weighted by atomic mass is 10.2. The van der Waals surface area contributed by atoms with Gasteiger partial charge in [0.2, 0.25) is 0 Å². The number of aromatic nitrogens is 2. The van der Waals surface area contributed by atoms with E-state index in [9.17, 15) is 0 Å². The van der Waals surface area contributed by atoms with E-state index in [-0.39, 0.29) is 0 Å². The van der Waals surface area contributed by atoms with Crippen LogP contribution in [0.15, 0.2) is 60.9 Å². The summed E-state index contributed by atoms with van der Waals surface area (Å²) in [6.45, 7) is 2.67. The van der Waals surface area contributed by atoms with Crippen LogP contribution in [0.2, 0.25) is 5.02 Å². The monoisotopic (exact) mass is 324 g/mol. The van der Waals surface area contributed by atoms with E-state index in [4.69, 9.17) is 11.6 Å². The molecule has 0 aliphatic heterocycles. The van der Waals surface area contributed by atoms with Crippen molar-refractivity contribution in [2.24, 2.45) is 0 Å². The third-order valence-electron chi connectivity index (χ3n) is 3.41. The van der Waals surface area contributed by atoms with Crippen LogP contribution < -0.4 is 10.6 Å². The molecule has 1 heterocycles. The summed E-state index contributed by atoms with van der Waals surface area (Å²) in [6.07, 6.45) is 1.53. The first-order chi connectivity index (χ1) is 11.2. The van der Waals surface area contributed by atoms with Crippen LogP contribution in [-0.4, -0.2) is 9.97 Å². The Balaban J connectivity index is 1.67. The quantitative estimate of drug-likeness (QED) is 0.708. The zero-order chi connectivity index (χ0) is 16.1. The molecule has 4 nitrogen and oxygen atoms in total. The van der Waals surface area contributed by atoms with E-state index < -0.39 is 0 Å². The summed E-state index contributed by atoms with van der Waals surface area (Å²) in [5, 5.41) is 7.27. The maximum absolute atomic E-state index is 6.16. The molecule has 0 aliphatic carbocycles. The minimum Gasteiger partial charge on any atom is -0.366 e. The largest absolute Gasteiger partial charge is 0.366 e. The molecular formula is C18H17ClN4. The van der Waals surface area contributed by atoms with Gasteiger partial charge in [0.25, 0.3) is 0 Å². The molecule has 5 heteroatoms.